The molecule has 7 nitrogen and oxygen atoms in total. The zero-order valence-electron chi connectivity index (χ0n) is 17.9. The van der Waals surface area contributed by atoms with Gasteiger partial charge >= 0.3 is 0 Å². The van der Waals surface area contributed by atoms with Crippen LogP contribution < -0.4 is 16.2 Å². The van der Waals surface area contributed by atoms with E-state index in [9.17, 15) is 14.4 Å². The fourth-order valence-corrected chi connectivity index (χ4v) is 3.64. The van der Waals surface area contributed by atoms with Crippen LogP contribution in [0.5, 0.6) is 0 Å². The van der Waals surface area contributed by atoms with Crippen molar-refractivity contribution in [2.24, 2.45) is 5.92 Å². The number of aryl methyl sites for hydroxylation is 2. The van der Waals surface area contributed by atoms with Crippen LogP contribution in [0.2, 0.25) is 0 Å². The van der Waals surface area contributed by atoms with Crippen LogP contribution in [0.3, 0.4) is 0 Å². The summed E-state index contributed by atoms with van der Waals surface area (Å²) in [4.78, 5) is 41.3. The maximum Gasteiger partial charge on any atom is 0.272 e. The van der Waals surface area contributed by atoms with Crippen LogP contribution >= 0.6 is 0 Å². The van der Waals surface area contributed by atoms with Gasteiger partial charge in [-0.1, -0.05) is 12.1 Å². The molecule has 1 atom stereocenters. The van der Waals surface area contributed by atoms with Gasteiger partial charge in [-0.2, -0.15) is 0 Å². The molecule has 160 valence electrons. The Morgan fingerprint density at radius 3 is 2.52 bits per heavy atom. The molecule has 1 aromatic heterocycles. The third-order valence-electron chi connectivity index (χ3n) is 5.66. The second kappa shape index (κ2) is 8.34. The fraction of sp³-hybridized carbons (Fsp3) is 0.333. The Bertz CT molecular complexity index is 1210. The molecular formula is C24H26N4O3. The lowest BCUT2D eigenvalue weighted by Crippen LogP contribution is -2.27. The predicted molar refractivity (Wildman–Crippen MR) is 120 cm³/mol. The quantitative estimate of drug-likeness (QED) is 0.640. The summed E-state index contributed by atoms with van der Waals surface area (Å²) < 4.78 is 1.66. The normalized spacial score (nSPS) is 14.3. The van der Waals surface area contributed by atoms with Gasteiger partial charge in [-0.05, 0) is 69.5 Å². The van der Waals surface area contributed by atoms with E-state index in [0.717, 1.165) is 24.1 Å². The number of carbonyl (C=O) groups is 2. The first kappa shape index (κ1) is 20.8. The first-order valence-electron chi connectivity index (χ1n) is 10.6. The van der Waals surface area contributed by atoms with Crippen molar-refractivity contribution in [1.29, 1.82) is 0 Å². The molecule has 1 unspecified atom stereocenters. The largest absolute Gasteiger partial charge is 0.346 e. The summed E-state index contributed by atoms with van der Waals surface area (Å²) in [5, 5.41) is 5.91. The second-order valence-corrected chi connectivity index (χ2v) is 8.03. The lowest BCUT2D eigenvalue weighted by Gasteiger charge is -2.16. The lowest BCUT2D eigenvalue weighted by atomic mass is 10.1. The first-order chi connectivity index (χ1) is 14.9. The van der Waals surface area contributed by atoms with Gasteiger partial charge in [0.25, 0.3) is 11.5 Å². The molecule has 0 saturated heterocycles. The molecule has 1 heterocycles. The van der Waals surface area contributed by atoms with Crippen molar-refractivity contribution in [2.75, 3.05) is 5.32 Å². The van der Waals surface area contributed by atoms with Crippen LogP contribution in [0.4, 0.5) is 5.69 Å². The van der Waals surface area contributed by atoms with Crippen molar-refractivity contribution in [2.45, 2.75) is 46.2 Å². The van der Waals surface area contributed by atoms with Crippen molar-refractivity contribution in [3.8, 4) is 0 Å². The van der Waals surface area contributed by atoms with E-state index >= 15 is 0 Å². The first-order valence-corrected chi connectivity index (χ1v) is 10.6. The summed E-state index contributed by atoms with van der Waals surface area (Å²) in [6, 6.07) is 12.5. The summed E-state index contributed by atoms with van der Waals surface area (Å²) in [6.07, 6.45) is 1.93. The molecule has 4 rings (SSSR count). The highest BCUT2D eigenvalue weighted by Gasteiger charge is 2.29. The van der Waals surface area contributed by atoms with E-state index in [2.05, 4.69) is 15.6 Å². The molecule has 3 aromatic rings. The summed E-state index contributed by atoms with van der Waals surface area (Å²) in [7, 11) is 0. The topological polar surface area (TPSA) is 93.1 Å². The van der Waals surface area contributed by atoms with Gasteiger partial charge in [-0.15, -0.1) is 0 Å². The van der Waals surface area contributed by atoms with Gasteiger partial charge < -0.3 is 15.2 Å². The molecule has 0 spiro atoms. The van der Waals surface area contributed by atoms with E-state index in [1.807, 2.05) is 38.1 Å². The Kier molecular flexibility index (Phi) is 5.59. The number of aromatic nitrogens is 2. The SMILES string of the molecule is CCn1c(=O)c(C)nc2cc(C(=O)NC(C)c3ccc(NC(=O)C4CC4)cc3)ccc21. The maximum atomic E-state index is 12.8. The third-order valence-corrected chi connectivity index (χ3v) is 5.66. The average Bonchev–Trinajstić information content (AvgIpc) is 3.60. The van der Waals surface area contributed by atoms with E-state index in [4.69, 9.17) is 0 Å². The minimum absolute atomic E-state index is 0.0720. The number of carbonyl (C=O) groups excluding carboxylic acids is 2. The maximum absolute atomic E-state index is 12.8. The van der Waals surface area contributed by atoms with Gasteiger partial charge in [0.2, 0.25) is 5.91 Å². The minimum Gasteiger partial charge on any atom is -0.346 e. The second-order valence-electron chi connectivity index (χ2n) is 8.03. The molecule has 1 aliphatic rings. The highest BCUT2D eigenvalue weighted by Crippen LogP contribution is 2.30. The number of nitrogens with one attached hydrogen (secondary N) is 2. The van der Waals surface area contributed by atoms with Crippen LogP contribution in [0.15, 0.2) is 47.3 Å². The summed E-state index contributed by atoms with van der Waals surface area (Å²) >= 11 is 0. The van der Waals surface area contributed by atoms with Crippen LogP contribution in [0.1, 0.15) is 54.3 Å². The molecule has 0 bridgehead atoms. The Morgan fingerprint density at radius 1 is 1.16 bits per heavy atom. The van der Waals surface area contributed by atoms with Gasteiger partial charge in [0.1, 0.15) is 5.69 Å². The number of anilines is 1. The Balaban J connectivity index is 1.48. The van der Waals surface area contributed by atoms with Gasteiger partial charge in [-0.25, -0.2) is 4.98 Å². The van der Waals surface area contributed by atoms with Crippen molar-refractivity contribution < 1.29 is 9.59 Å². The number of hydrogen-bond donors (Lipinski definition) is 2. The molecule has 2 amide bonds. The van der Waals surface area contributed by atoms with Gasteiger partial charge in [-0.3, -0.25) is 14.4 Å². The number of benzene rings is 2. The van der Waals surface area contributed by atoms with E-state index in [1.54, 1.807) is 29.7 Å². The highest BCUT2D eigenvalue weighted by atomic mass is 16.2. The van der Waals surface area contributed by atoms with Crippen molar-refractivity contribution >= 4 is 28.5 Å². The summed E-state index contributed by atoms with van der Waals surface area (Å²) in [5.74, 6) is 0.0158. The number of amides is 2. The van der Waals surface area contributed by atoms with Crippen LogP contribution in [-0.4, -0.2) is 21.4 Å². The summed E-state index contributed by atoms with van der Waals surface area (Å²) in [5.41, 5.74) is 3.82. The van der Waals surface area contributed by atoms with E-state index in [1.165, 1.54) is 0 Å². The molecule has 2 aromatic carbocycles. The monoisotopic (exact) mass is 418 g/mol. The zero-order valence-corrected chi connectivity index (χ0v) is 17.9. The Hall–Kier alpha value is -3.48. The van der Waals surface area contributed by atoms with Crippen LogP contribution in [0.25, 0.3) is 11.0 Å². The molecular weight excluding hydrogens is 392 g/mol. The number of rotatable bonds is 6. The lowest BCUT2D eigenvalue weighted by molar-refractivity contribution is -0.117. The Labute approximate surface area is 180 Å². The average molecular weight is 418 g/mol. The predicted octanol–water partition coefficient (Wildman–Crippen LogP) is 3.56. The molecule has 31 heavy (non-hydrogen) atoms. The van der Waals surface area contributed by atoms with Gasteiger partial charge in [0, 0.05) is 23.7 Å². The molecule has 2 N–H and O–H groups in total. The van der Waals surface area contributed by atoms with E-state index < -0.39 is 0 Å². The smallest absolute Gasteiger partial charge is 0.272 e. The molecule has 0 radical (unpaired) electrons. The molecule has 1 aliphatic carbocycles. The van der Waals surface area contributed by atoms with E-state index in [-0.39, 0.29) is 29.3 Å². The zero-order chi connectivity index (χ0) is 22.1. The number of nitrogens with zero attached hydrogens (tertiary/aromatic N) is 2. The minimum atomic E-state index is -0.214. The number of fused-ring (bicyclic) bond motifs is 1. The third kappa shape index (κ3) is 4.35. The van der Waals surface area contributed by atoms with Crippen LogP contribution in [-0.2, 0) is 11.3 Å². The molecule has 7 heteroatoms. The number of hydrogen-bond acceptors (Lipinski definition) is 4. The van der Waals surface area contributed by atoms with Crippen molar-refractivity contribution in [1.82, 2.24) is 14.9 Å². The fourth-order valence-electron chi connectivity index (χ4n) is 3.64. The molecule has 1 fully saturated rings. The molecule has 1 saturated carbocycles. The van der Waals surface area contributed by atoms with Gasteiger partial charge in [0.05, 0.1) is 17.1 Å². The summed E-state index contributed by atoms with van der Waals surface area (Å²) in [6.45, 7) is 6.04. The highest BCUT2D eigenvalue weighted by molar-refractivity contribution is 5.97. The molecule has 0 aliphatic heterocycles. The van der Waals surface area contributed by atoms with Gasteiger partial charge in [0.15, 0.2) is 0 Å². The van der Waals surface area contributed by atoms with Crippen LogP contribution in [0, 0.1) is 12.8 Å². The van der Waals surface area contributed by atoms with Crippen molar-refractivity contribution in [3.05, 3.63) is 69.6 Å². The Morgan fingerprint density at radius 2 is 1.87 bits per heavy atom. The van der Waals surface area contributed by atoms with Crippen molar-refractivity contribution in [3.63, 3.8) is 0 Å². The standard InChI is InChI=1S/C24H26N4O3/c1-4-28-21-12-9-18(13-20(21)25-15(3)24(28)31)23(30)26-14(2)16-7-10-19(11-8-16)27-22(29)17-5-6-17/h7-14,17H,4-6H2,1-3H3,(H,26,30)(H,27,29). The van der Waals surface area contributed by atoms with E-state index in [0.29, 0.717) is 28.8 Å².